The molecule has 1 unspecified atom stereocenters. The number of fused-ring (bicyclic) bond motifs is 1. The summed E-state index contributed by atoms with van der Waals surface area (Å²) in [5.74, 6) is -0.678. The van der Waals surface area contributed by atoms with Gasteiger partial charge < -0.3 is 10.1 Å². The van der Waals surface area contributed by atoms with E-state index in [4.69, 9.17) is 12.2 Å². The predicted octanol–water partition coefficient (Wildman–Crippen LogP) is 2.13. The van der Waals surface area contributed by atoms with Crippen molar-refractivity contribution in [1.82, 2.24) is 9.97 Å². The van der Waals surface area contributed by atoms with Crippen molar-refractivity contribution in [2.24, 2.45) is 0 Å². The summed E-state index contributed by atoms with van der Waals surface area (Å²) in [6, 6.07) is 0. The van der Waals surface area contributed by atoms with Crippen LogP contribution in [0.15, 0.2) is 0 Å². The predicted molar refractivity (Wildman–Crippen MR) is 60.1 cm³/mol. The van der Waals surface area contributed by atoms with Gasteiger partial charge in [0.15, 0.2) is 4.77 Å². The monoisotopic (exact) mass is 236 g/mol. The highest BCUT2D eigenvalue weighted by atomic mass is 32.1. The highest BCUT2D eigenvalue weighted by molar-refractivity contribution is 7.71. The number of rotatable bonds is 2. The van der Waals surface area contributed by atoms with Gasteiger partial charge in [-0.25, -0.2) is 4.98 Å². The zero-order chi connectivity index (χ0) is 11.3. The first-order chi connectivity index (χ1) is 7.66. The van der Waals surface area contributed by atoms with Crippen LogP contribution >= 0.6 is 12.2 Å². The molecule has 1 saturated carbocycles. The number of aromatic nitrogens is 2. The molecule has 1 atom stereocenters. The van der Waals surface area contributed by atoms with Gasteiger partial charge in [-0.05, 0) is 37.9 Å². The Kier molecular flexibility index (Phi) is 2.10. The summed E-state index contributed by atoms with van der Waals surface area (Å²) >= 11 is 5.08. The zero-order valence-corrected chi connectivity index (χ0v) is 9.51. The van der Waals surface area contributed by atoms with E-state index in [-0.39, 0.29) is 5.92 Å². The van der Waals surface area contributed by atoms with E-state index in [0.29, 0.717) is 17.1 Å². The number of hydrogen-bond acceptors (Lipinski definition) is 3. The summed E-state index contributed by atoms with van der Waals surface area (Å²) in [4.78, 5) is 18.5. The molecule has 1 aromatic heterocycles. The topological polar surface area (TPSA) is 66.0 Å². The summed E-state index contributed by atoms with van der Waals surface area (Å²) in [5, 5.41) is 9.19. The second-order valence-corrected chi connectivity index (χ2v) is 4.91. The van der Waals surface area contributed by atoms with Crippen molar-refractivity contribution in [3.63, 3.8) is 0 Å². The fourth-order valence-corrected chi connectivity index (χ4v) is 2.70. The zero-order valence-electron chi connectivity index (χ0n) is 8.69. The summed E-state index contributed by atoms with van der Waals surface area (Å²) in [7, 11) is 0. The smallest absolute Gasteiger partial charge is 0.311 e. The molecule has 1 fully saturated rings. The molecule has 0 aromatic carbocycles. The molecule has 0 aliphatic heterocycles. The molecule has 0 amide bonds. The summed E-state index contributed by atoms with van der Waals surface area (Å²) in [6.45, 7) is 0. The summed E-state index contributed by atoms with van der Waals surface area (Å²) < 4.78 is 0.492. The van der Waals surface area contributed by atoms with Crippen LogP contribution in [-0.2, 0) is 11.2 Å². The fourth-order valence-electron chi connectivity index (χ4n) is 2.48. The lowest BCUT2D eigenvalue weighted by atomic mass is 9.99. The Morgan fingerprint density at radius 2 is 2.19 bits per heavy atom. The van der Waals surface area contributed by atoms with E-state index >= 15 is 0 Å². The van der Waals surface area contributed by atoms with Gasteiger partial charge in [0.2, 0.25) is 0 Å². The molecule has 3 rings (SSSR count). The molecule has 2 aliphatic rings. The van der Waals surface area contributed by atoms with Gasteiger partial charge in [0.25, 0.3) is 0 Å². The highest BCUT2D eigenvalue weighted by Crippen LogP contribution is 2.45. The molecule has 1 aromatic rings. The highest BCUT2D eigenvalue weighted by Gasteiger charge is 2.37. The average Bonchev–Trinajstić information content (AvgIpc) is 2.97. The van der Waals surface area contributed by atoms with E-state index in [2.05, 4.69) is 9.97 Å². The Morgan fingerprint density at radius 1 is 1.44 bits per heavy atom. The fraction of sp³-hybridized carbons (Fsp3) is 0.545. The van der Waals surface area contributed by atoms with Crippen molar-refractivity contribution in [1.29, 1.82) is 0 Å². The van der Waals surface area contributed by atoms with Crippen LogP contribution in [0.1, 0.15) is 48.0 Å². The van der Waals surface area contributed by atoms with Gasteiger partial charge in [0, 0.05) is 17.2 Å². The van der Waals surface area contributed by atoms with Crippen LogP contribution in [0, 0.1) is 4.77 Å². The van der Waals surface area contributed by atoms with Crippen LogP contribution in [0.25, 0.3) is 0 Å². The minimum atomic E-state index is -0.743. The van der Waals surface area contributed by atoms with E-state index in [0.717, 1.165) is 36.2 Å². The van der Waals surface area contributed by atoms with E-state index in [1.54, 1.807) is 0 Å². The van der Waals surface area contributed by atoms with Gasteiger partial charge in [-0.2, -0.15) is 0 Å². The van der Waals surface area contributed by atoms with Crippen molar-refractivity contribution in [3.8, 4) is 0 Å². The van der Waals surface area contributed by atoms with Crippen LogP contribution < -0.4 is 0 Å². The molecule has 0 radical (unpaired) electrons. The SMILES string of the molecule is O=C(O)C1CCc2[nH]c(=S)nc(C3CC3)c21. The molecule has 84 valence electrons. The first-order valence-corrected chi connectivity index (χ1v) is 5.93. The number of carboxylic acid groups (broad SMARTS) is 1. The Morgan fingerprint density at radius 3 is 2.81 bits per heavy atom. The Labute approximate surface area is 97.7 Å². The van der Waals surface area contributed by atoms with Crippen LogP contribution in [-0.4, -0.2) is 21.0 Å². The van der Waals surface area contributed by atoms with Crippen molar-refractivity contribution in [3.05, 3.63) is 21.7 Å². The van der Waals surface area contributed by atoms with Gasteiger partial charge >= 0.3 is 5.97 Å². The van der Waals surface area contributed by atoms with E-state index in [9.17, 15) is 9.90 Å². The molecule has 0 bridgehead atoms. The lowest BCUT2D eigenvalue weighted by Crippen LogP contribution is -2.11. The number of nitrogens with zero attached hydrogens (tertiary/aromatic N) is 1. The van der Waals surface area contributed by atoms with Crippen molar-refractivity contribution < 1.29 is 9.90 Å². The van der Waals surface area contributed by atoms with Gasteiger partial charge in [0.1, 0.15) is 0 Å². The van der Waals surface area contributed by atoms with Crippen LogP contribution in [0.5, 0.6) is 0 Å². The molecule has 0 spiro atoms. The van der Waals surface area contributed by atoms with Crippen LogP contribution in [0.3, 0.4) is 0 Å². The third-order valence-electron chi connectivity index (χ3n) is 3.37. The second-order valence-electron chi connectivity index (χ2n) is 4.52. The Hall–Kier alpha value is -1.23. The number of aryl methyl sites for hydroxylation is 1. The maximum Gasteiger partial charge on any atom is 0.311 e. The minimum Gasteiger partial charge on any atom is -0.481 e. The largest absolute Gasteiger partial charge is 0.481 e. The molecule has 1 heterocycles. The first-order valence-electron chi connectivity index (χ1n) is 5.52. The van der Waals surface area contributed by atoms with E-state index in [1.807, 2.05) is 0 Å². The maximum atomic E-state index is 11.2. The third-order valence-corrected chi connectivity index (χ3v) is 3.57. The molecule has 2 aliphatic carbocycles. The van der Waals surface area contributed by atoms with Gasteiger partial charge in [-0.15, -0.1) is 0 Å². The molecular weight excluding hydrogens is 224 g/mol. The number of carboxylic acids is 1. The average molecular weight is 236 g/mol. The van der Waals surface area contributed by atoms with Gasteiger partial charge in [-0.3, -0.25) is 4.79 Å². The van der Waals surface area contributed by atoms with Crippen LogP contribution in [0.2, 0.25) is 0 Å². The quantitative estimate of drug-likeness (QED) is 0.772. The third kappa shape index (κ3) is 1.46. The van der Waals surface area contributed by atoms with Crippen molar-refractivity contribution in [2.75, 3.05) is 0 Å². The normalized spacial score (nSPS) is 23.1. The summed E-state index contributed by atoms with van der Waals surface area (Å²) in [5.41, 5.74) is 2.86. The number of H-pyrrole nitrogens is 1. The number of aromatic amines is 1. The maximum absolute atomic E-state index is 11.2. The van der Waals surface area contributed by atoms with Gasteiger partial charge in [0.05, 0.1) is 11.6 Å². The van der Waals surface area contributed by atoms with E-state index in [1.165, 1.54) is 0 Å². The van der Waals surface area contributed by atoms with Gasteiger partial charge in [-0.1, -0.05) is 0 Å². The van der Waals surface area contributed by atoms with Crippen LogP contribution in [0.4, 0.5) is 0 Å². The summed E-state index contributed by atoms with van der Waals surface area (Å²) in [6.07, 6.45) is 3.68. The standard InChI is InChI=1S/C11H12N2O2S/c14-10(15)6-3-4-7-8(6)9(5-1-2-5)13-11(16)12-7/h5-6H,1-4H2,(H,14,15)(H,12,13,16). The Balaban J connectivity index is 2.18. The first kappa shape index (κ1) is 9.96. The molecule has 5 heteroatoms. The lowest BCUT2D eigenvalue weighted by Gasteiger charge is -2.10. The lowest BCUT2D eigenvalue weighted by molar-refractivity contribution is -0.138. The van der Waals surface area contributed by atoms with Crippen molar-refractivity contribution >= 4 is 18.2 Å². The number of aliphatic carboxylic acids is 1. The van der Waals surface area contributed by atoms with E-state index < -0.39 is 5.97 Å². The molecule has 4 nitrogen and oxygen atoms in total. The second kappa shape index (κ2) is 3.38. The number of carbonyl (C=O) groups is 1. The molecule has 0 saturated heterocycles. The number of nitrogens with one attached hydrogen (secondary N) is 1. The molecular formula is C11H12N2O2S. The Bertz CT molecular complexity index is 519. The molecule has 16 heavy (non-hydrogen) atoms. The minimum absolute atomic E-state index is 0.384. The van der Waals surface area contributed by atoms with Crippen molar-refractivity contribution in [2.45, 2.75) is 37.5 Å². The molecule has 2 N–H and O–H groups in total. The number of hydrogen-bond donors (Lipinski definition) is 2.